The topological polar surface area (TPSA) is 72.4 Å². The summed E-state index contributed by atoms with van der Waals surface area (Å²) in [6, 6.07) is 5.04. The molecule has 0 fully saturated rings. The van der Waals surface area contributed by atoms with Gasteiger partial charge in [0.05, 0.1) is 17.3 Å². The van der Waals surface area contributed by atoms with Gasteiger partial charge in [-0.2, -0.15) is 0 Å². The molecular formula is C10H9NO4. The number of carboxylic acid groups (broad SMARTS) is 1. The maximum Gasteiger partial charge on any atom is 0.365 e. The van der Waals surface area contributed by atoms with Crippen LogP contribution in [0.4, 0.5) is 0 Å². The summed E-state index contributed by atoms with van der Waals surface area (Å²) in [5.74, 6) is -0.967. The quantitative estimate of drug-likeness (QED) is 0.789. The molecule has 0 unspecified atom stereocenters. The van der Waals surface area contributed by atoms with Gasteiger partial charge in [-0.15, -0.1) is 0 Å². The molecule has 1 aromatic heterocycles. The molecule has 0 atom stereocenters. The van der Waals surface area contributed by atoms with E-state index in [1.165, 1.54) is 4.74 Å². The van der Waals surface area contributed by atoms with Crippen LogP contribution in [0, 0.1) is 0 Å². The van der Waals surface area contributed by atoms with Gasteiger partial charge in [-0.05, 0) is 11.6 Å². The SMILES string of the molecule is Cn1oc(=O)c2c(CC(=O)O)cccc21. The Labute approximate surface area is 84.5 Å². The number of carbonyl (C=O) groups is 1. The Balaban J connectivity index is 2.75. The maximum atomic E-state index is 11.4. The number of hydrogen-bond donors (Lipinski definition) is 1. The van der Waals surface area contributed by atoms with Crippen LogP contribution in [0.5, 0.6) is 0 Å². The molecule has 0 saturated heterocycles. The van der Waals surface area contributed by atoms with Gasteiger partial charge in [0.2, 0.25) is 0 Å². The molecule has 2 rings (SSSR count). The van der Waals surface area contributed by atoms with Gasteiger partial charge in [0.15, 0.2) is 0 Å². The van der Waals surface area contributed by atoms with Crippen molar-refractivity contribution < 1.29 is 14.4 Å². The zero-order chi connectivity index (χ0) is 11.0. The summed E-state index contributed by atoms with van der Waals surface area (Å²) < 4.78 is 6.19. The number of benzene rings is 1. The molecule has 1 heterocycles. The molecule has 0 aliphatic carbocycles. The van der Waals surface area contributed by atoms with E-state index in [0.29, 0.717) is 16.5 Å². The molecule has 5 nitrogen and oxygen atoms in total. The van der Waals surface area contributed by atoms with Gasteiger partial charge in [0.1, 0.15) is 0 Å². The molecule has 1 N–H and O–H groups in total. The number of nitrogens with zero attached hydrogens (tertiary/aromatic N) is 1. The molecule has 0 saturated carbocycles. The Morgan fingerprint density at radius 2 is 2.27 bits per heavy atom. The van der Waals surface area contributed by atoms with Crippen molar-refractivity contribution in [1.29, 1.82) is 0 Å². The van der Waals surface area contributed by atoms with Gasteiger partial charge in [-0.25, -0.2) is 9.53 Å². The van der Waals surface area contributed by atoms with Crippen LogP contribution in [0.3, 0.4) is 0 Å². The first-order valence-corrected chi connectivity index (χ1v) is 4.39. The van der Waals surface area contributed by atoms with E-state index in [2.05, 4.69) is 0 Å². The summed E-state index contributed by atoms with van der Waals surface area (Å²) in [6.45, 7) is 0. The van der Waals surface area contributed by atoms with Crippen LogP contribution in [0.2, 0.25) is 0 Å². The Hall–Kier alpha value is -2.04. The molecule has 15 heavy (non-hydrogen) atoms. The molecule has 0 bridgehead atoms. The van der Waals surface area contributed by atoms with E-state index in [-0.39, 0.29) is 6.42 Å². The largest absolute Gasteiger partial charge is 0.481 e. The zero-order valence-electron chi connectivity index (χ0n) is 8.06. The molecule has 2 aromatic rings. The van der Waals surface area contributed by atoms with Crippen LogP contribution in [-0.2, 0) is 18.3 Å². The average Bonchev–Trinajstić information content (AvgIpc) is 2.43. The number of hydrogen-bond acceptors (Lipinski definition) is 3. The van der Waals surface area contributed by atoms with Crippen molar-refractivity contribution in [2.45, 2.75) is 6.42 Å². The fraction of sp³-hybridized carbons (Fsp3) is 0.200. The van der Waals surface area contributed by atoms with Crippen LogP contribution < -0.4 is 5.63 Å². The third-order valence-electron chi connectivity index (χ3n) is 2.23. The number of fused-ring (bicyclic) bond motifs is 1. The van der Waals surface area contributed by atoms with Crippen molar-refractivity contribution in [2.75, 3.05) is 0 Å². The fourth-order valence-corrected chi connectivity index (χ4v) is 1.61. The molecule has 5 heteroatoms. The minimum atomic E-state index is -0.967. The number of rotatable bonds is 2. The lowest BCUT2D eigenvalue weighted by atomic mass is 10.1. The number of aromatic nitrogens is 1. The summed E-state index contributed by atoms with van der Waals surface area (Å²) in [6.07, 6.45) is -0.174. The van der Waals surface area contributed by atoms with E-state index in [1.807, 2.05) is 0 Å². The van der Waals surface area contributed by atoms with Gasteiger partial charge in [-0.1, -0.05) is 12.1 Å². The third-order valence-corrected chi connectivity index (χ3v) is 2.23. The van der Waals surface area contributed by atoms with Gasteiger partial charge < -0.3 is 9.63 Å². The van der Waals surface area contributed by atoms with Gasteiger partial charge in [0.25, 0.3) is 0 Å². The van der Waals surface area contributed by atoms with Crippen molar-refractivity contribution in [2.24, 2.45) is 7.05 Å². The third kappa shape index (κ3) is 1.52. The molecule has 78 valence electrons. The lowest BCUT2D eigenvalue weighted by Gasteiger charge is -1.97. The fourth-order valence-electron chi connectivity index (χ4n) is 1.61. The minimum absolute atomic E-state index is 0.174. The molecule has 0 aliphatic rings. The predicted octanol–water partition coefficient (Wildman–Crippen LogP) is 0.759. The van der Waals surface area contributed by atoms with Crippen LogP contribution in [-0.4, -0.2) is 15.8 Å². The maximum absolute atomic E-state index is 11.4. The highest BCUT2D eigenvalue weighted by Gasteiger charge is 2.12. The smallest absolute Gasteiger partial charge is 0.365 e. The highest BCUT2D eigenvalue weighted by Crippen LogP contribution is 2.15. The van der Waals surface area contributed by atoms with E-state index in [4.69, 9.17) is 9.63 Å². The summed E-state index contributed by atoms with van der Waals surface area (Å²) in [5.41, 5.74) is 0.595. The predicted molar refractivity (Wildman–Crippen MR) is 52.8 cm³/mol. The van der Waals surface area contributed by atoms with Crippen molar-refractivity contribution in [3.05, 3.63) is 34.2 Å². The van der Waals surface area contributed by atoms with Crippen molar-refractivity contribution in [1.82, 2.24) is 4.74 Å². The Kier molecular flexibility index (Phi) is 2.07. The van der Waals surface area contributed by atoms with Gasteiger partial charge >= 0.3 is 11.6 Å². The molecular weight excluding hydrogens is 198 g/mol. The first kappa shape index (κ1) is 9.51. The number of aliphatic carboxylic acids is 1. The minimum Gasteiger partial charge on any atom is -0.481 e. The van der Waals surface area contributed by atoms with Crippen LogP contribution >= 0.6 is 0 Å². The van der Waals surface area contributed by atoms with Crippen molar-refractivity contribution in [3.63, 3.8) is 0 Å². The molecule has 0 spiro atoms. The van der Waals surface area contributed by atoms with Crippen molar-refractivity contribution >= 4 is 16.9 Å². The summed E-state index contributed by atoms with van der Waals surface area (Å²) >= 11 is 0. The lowest BCUT2D eigenvalue weighted by molar-refractivity contribution is -0.136. The molecule has 0 aliphatic heterocycles. The Morgan fingerprint density at radius 1 is 1.53 bits per heavy atom. The van der Waals surface area contributed by atoms with Gasteiger partial charge in [0, 0.05) is 7.05 Å². The molecule has 0 radical (unpaired) electrons. The second-order valence-corrected chi connectivity index (χ2v) is 3.26. The summed E-state index contributed by atoms with van der Waals surface area (Å²) in [4.78, 5) is 22.0. The first-order chi connectivity index (χ1) is 7.09. The van der Waals surface area contributed by atoms with E-state index >= 15 is 0 Å². The number of carboxylic acids is 1. The Bertz CT molecular complexity index is 579. The first-order valence-electron chi connectivity index (χ1n) is 4.39. The highest BCUT2D eigenvalue weighted by atomic mass is 16.5. The van der Waals surface area contributed by atoms with E-state index in [9.17, 15) is 9.59 Å². The van der Waals surface area contributed by atoms with Crippen LogP contribution in [0.1, 0.15) is 5.56 Å². The van der Waals surface area contributed by atoms with Crippen LogP contribution in [0.25, 0.3) is 10.9 Å². The zero-order valence-corrected chi connectivity index (χ0v) is 8.06. The monoisotopic (exact) mass is 207 g/mol. The second-order valence-electron chi connectivity index (χ2n) is 3.26. The van der Waals surface area contributed by atoms with Crippen LogP contribution in [0.15, 0.2) is 27.5 Å². The number of aryl methyl sites for hydroxylation is 1. The Morgan fingerprint density at radius 3 is 2.93 bits per heavy atom. The standard InChI is InChI=1S/C10H9NO4/c1-11-7-4-2-3-6(5-8(12)13)9(7)10(14)15-11/h2-4H,5H2,1H3,(H,12,13). The van der Waals surface area contributed by atoms with Crippen molar-refractivity contribution in [3.8, 4) is 0 Å². The second kappa shape index (κ2) is 3.27. The van der Waals surface area contributed by atoms with E-state index in [1.54, 1.807) is 25.2 Å². The van der Waals surface area contributed by atoms with E-state index in [0.717, 1.165) is 0 Å². The molecule has 1 aromatic carbocycles. The molecule has 0 amide bonds. The summed E-state index contributed by atoms with van der Waals surface area (Å²) in [7, 11) is 1.61. The summed E-state index contributed by atoms with van der Waals surface area (Å²) in [5, 5.41) is 9.03. The lowest BCUT2D eigenvalue weighted by Crippen LogP contribution is -2.03. The highest BCUT2D eigenvalue weighted by molar-refractivity contribution is 5.85. The average molecular weight is 207 g/mol. The van der Waals surface area contributed by atoms with Gasteiger partial charge in [-0.3, -0.25) is 4.79 Å². The normalized spacial score (nSPS) is 10.7. The van der Waals surface area contributed by atoms with E-state index < -0.39 is 11.6 Å².